The van der Waals surface area contributed by atoms with Crippen LogP contribution >= 0.6 is 0 Å². The van der Waals surface area contributed by atoms with E-state index in [-0.39, 0.29) is 6.10 Å². The molecule has 0 spiro atoms. The van der Waals surface area contributed by atoms with Gasteiger partial charge in [0, 0.05) is 5.56 Å². The summed E-state index contributed by atoms with van der Waals surface area (Å²) < 4.78 is 5.36. The third kappa shape index (κ3) is 6.00. The van der Waals surface area contributed by atoms with E-state index in [0.29, 0.717) is 5.75 Å². The van der Waals surface area contributed by atoms with Crippen LogP contribution in [0.25, 0.3) is 0 Å². The van der Waals surface area contributed by atoms with Crippen molar-refractivity contribution < 1.29 is 9.84 Å². The molecule has 1 heterocycles. The normalized spacial score (nSPS) is 16.9. The quantitative estimate of drug-likeness (QED) is 0.383. The Morgan fingerprint density at radius 1 is 0.955 bits per heavy atom. The predicted octanol–water partition coefficient (Wildman–Crippen LogP) is 5.93. The molecule has 1 N–H and O–H groups in total. The van der Waals surface area contributed by atoms with E-state index in [4.69, 9.17) is 4.74 Å². The highest BCUT2D eigenvalue weighted by Gasteiger charge is 2.29. The minimum Gasteiger partial charge on any atom is -0.508 e. The van der Waals surface area contributed by atoms with E-state index in [9.17, 15) is 5.11 Å². The number of hydrogen-bond donors (Lipinski definition) is 1. The van der Waals surface area contributed by atoms with Gasteiger partial charge in [-0.25, -0.2) is 0 Å². The first-order valence-electron chi connectivity index (χ1n) is 9.25. The van der Waals surface area contributed by atoms with Crippen LogP contribution in [0.15, 0.2) is 18.2 Å². The maximum Gasteiger partial charge on any atom is 0.121 e. The highest BCUT2D eigenvalue weighted by molar-refractivity contribution is 5.42. The van der Waals surface area contributed by atoms with Gasteiger partial charge in [-0.15, -0.1) is 0 Å². The number of phenols is 1. The molecule has 0 radical (unpaired) electrons. The number of epoxide rings is 1. The van der Waals surface area contributed by atoms with Crippen molar-refractivity contribution in [2.24, 2.45) is 0 Å². The van der Waals surface area contributed by atoms with Crippen molar-refractivity contribution in [3.05, 3.63) is 29.3 Å². The minimum absolute atomic E-state index is 0.152. The summed E-state index contributed by atoms with van der Waals surface area (Å²) in [7, 11) is 0. The summed E-state index contributed by atoms with van der Waals surface area (Å²) in [6, 6.07) is 5.87. The molecule has 0 amide bonds. The number of ether oxygens (including phenoxy) is 1. The summed E-state index contributed by atoms with van der Waals surface area (Å²) in [5.74, 6) is 0.409. The van der Waals surface area contributed by atoms with Gasteiger partial charge in [-0.3, -0.25) is 0 Å². The Labute approximate surface area is 135 Å². The molecule has 22 heavy (non-hydrogen) atoms. The van der Waals surface area contributed by atoms with Crippen molar-refractivity contribution in [3.63, 3.8) is 0 Å². The fourth-order valence-electron chi connectivity index (χ4n) is 3.21. The van der Waals surface area contributed by atoms with Crippen molar-refractivity contribution in [2.75, 3.05) is 6.61 Å². The van der Waals surface area contributed by atoms with Crippen molar-refractivity contribution >= 4 is 0 Å². The Balaban J connectivity index is 1.55. The second-order valence-corrected chi connectivity index (χ2v) is 6.60. The zero-order valence-corrected chi connectivity index (χ0v) is 14.2. The van der Waals surface area contributed by atoms with Crippen molar-refractivity contribution in [3.8, 4) is 5.75 Å². The Bertz CT molecular complexity index is 424. The lowest BCUT2D eigenvalue weighted by atomic mass is 9.97. The van der Waals surface area contributed by atoms with Gasteiger partial charge in [0.1, 0.15) is 11.9 Å². The smallest absolute Gasteiger partial charge is 0.121 e. The van der Waals surface area contributed by atoms with Crippen LogP contribution in [0.1, 0.15) is 88.4 Å². The van der Waals surface area contributed by atoms with Crippen molar-refractivity contribution in [1.29, 1.82) is 0 Å². The highest BCUT2D eigenvalue weighted by atomic mass is 16.6. The zero-order valence-electron chi connectivity index (χ0n) is 14.2. The van der Waals surface area contributed by atoms with E-state index in [1.807, 2.05) is 6.07 Å². The maximum atomic E-state index is 9.98. The van der Waals surface area contributed by atoms with Crippen molar-refractivity contribution in [2.45, 2.75) is 83.7 Å². The first-order valence-corrected chi connectivity index (χ1v) is 9.25. The molecule has 2 heteroatoms. The molecule has 0 bridgehead atoms. The van der Waals surface area contributed by atoms with Gasteiger partial charge in [-0.1, -0.05) is 76.8 Å². The molecular weight excluding hydrogens is 272 g/mol. The first-order chi connectivity index (χ1) is 10.8. The van der Waals surface area contributed by atoms with Crippen LogP contribution in [0.5, 0.6) is 5.75 Å². The number of unbranched alkanes of at least 4 members (excludes halogenated alkanes) is 9. The maximum absolute atomic E-state index is 9.98. The van der Waals surface area contributed by atoms with E-state index in [1.165, 1.54) is 69.8 Å². The second kappa shape index (κ2) is 9.89. The van der Waals surface area contributed by atoms with Gasteiger partial charge >= 0.3 is 0 Å². The number of phenolic OH excluding ortho intramolecular Hbond substituents is 1. The standard InChI is InChI=1S/C20H32O2/c1-2-3-4-5-6-7-8-9-10-11-13-17-14-12-15-18(21)20(17)19-16-22-19/h12,14-15,19,21H,2-11,13,16H2,1H3. The lowest BCUT2D eigenvalue weighted by Gasteiger charge is -2.09. The molecule has 0 saturated carbocycles. The summed E-state index contributed by atoms with van der Waals surface area (Å²) >= 11 is 0. The number of aromatic hydroxyl groups is 1. The van der Waals surface area contributed by atoms with Gasteiger partial charge in [0.2, 0.25) is 0 Å². The van der Waals surface area contributed by atoms with Crippen LogP contribution in [0.4, 0.5) is 0 Å². The summed E-state index contributed by atoms with van der Waals surface area (Å²) in [6.45, 7) is 3.04. The largest absolute Gasteiger partial charge is 0.508 e. The van der Waals surface area contributed by atoms with Crippen LogP contribution in [-0.2, 0) is 11.2 Å². The summed E-state index contributed by atoms with van der Waals surface area (Å²) in [5, 5.41) is 9.98. The van der Waals surface area contributed by atoms with E-state index >= 15 is 0 Å². The molecule has 1 aliphatic heterocycles. The van der Waals surface area contributed by atoms with Gasteiger partial charge in [0.05, 0.1) is 6.61 Å². The Morgan fingerprint density at radius 2 is 1.55 bits per heavy atom. The Kier molecular flexibility index (Phi) is 7.79. The molecule has 124 valence electrons. The molecule has 1 unspecified atom stereocenters. The SMILES string of the molecule is CCCCCCCCCCCCc1cccc(O)c1C1CO1. The molecule has 1 aromatic carbocycles. The second-order valence-electron chi connectivity index (χ2n) is 6.60. The van der Waals surface area contributed by atoms with Gasteiger partial charge < -0.3 is 9.84 Å². The lowest BCUT2D eigenvalue weighted by Crippen LogP contribution is -1.94. The van der Waals surface area contributed by atoms with Crippen LogP contribution in [0.3, 0.4) is 0 Å². The topological polar surface area (TPSA) is 32.8 Å². The number of benzene rings is 1. The summed E-state index contributed by atoms with van der Waals surface area (Å²) in [4.78, 5) is 0. The number of rotatable bonds is 12. The molecule has 1 aromatic rings. The van der Waals surface area contributed by atoms with Crippen LogP contribution in [0, 0.1) is 0 Å². The zero-order chi connectivity index (χ0) is 15.6. The van der Waals surface area contributed by atoms with Crippen LogP contribution in [-0.4, -0.2) is 11.7 Å². The summed E-state index contributed by atoms with van der Waals surface area (Å²) in [6.07, 6.45) is 14.9. The van der Waals surface area contributed by atoms with E-state index in [0.717, 1.165) is 18.6 Å². The molecule has 0 aromatic heterocycles. The molecule has 1 atom stereocenters. The van der Waals surface area contributed by atoms with Gasteiger partial charge in [0.15, 0.2) is 0 Å². The van der Waals surface area contributed by atoms with Crippen LogP contribution < -0.4 is 0 Å². The first kappa shape index (κ1) is 17.3. The molecule has 1 fully saturated rings. The van der Waals surface area contributed by atoms with Crippen molar-refractivity contribution in [1.82, 2.24) is 0 Å². The molecule has 2 nitrogen and oxygen atoms in total. The molecule has 1 aliphatic rings. The van der Waals surface area contributed by atoms with E-state index < -0.39 is 0 Å². The van der Waals surface area contributed by atoms with Gasteiger partial charge in [-0.2, -0.15) is 0 Å². The summed E-state index contributed by atoms with van der Waals surface area (Å²) in [5.41, 5.74) is 2.32. The molecule has 2 rings (SSSR count). The van der Waals surface area contributed by atoms with E-state index in [2.05, 4.69) is 13.0 Å². The van der Waals surface area contributed by atoms with E-state index in [1.54, 1.807) is 6.07 Å². The highest BCUT2D eigenvalue weighted by Crippen LogP contribution is 2.38. The lowest BCUT2D eigenvalue weighted by molar-refractivity contribution is 0.398. The van der Waals surface area contributed by atoms with Crippen LogP contribution in [0.2, 0.25) is 0 Å². The van der Waals surface area contributed by atoms with Gasteiger partial charge in [-0.05, 0) is 24.5 Å². The fraction of sp³-hybridized carbons (Fsp3) is 0.700. The van der Waals surface area contributed by atoms with Gasteiger partial charge in [0.25, 0.3) is 0 Å². The average Bonchev–Trinajstić information content (AvgIpc) is 3.34. The number of hydrogen-bond acceptors (Lipinski definition) is 2. The Morgan fingerprint density at radius 3 is 2.14 bits per heavy atom. The average molecular weight is 304 g/mol. The third-order valence-corrected chi connectivity index (χ3v) is 4.63. The fourth-order valence-corrected chi connectivity index (χ4v) is 3.21. The molecule has 1 saturated heterocycles. The monoisotopic (exact) mass is 304 g/mol. The molecular formula is C20H32O2. The Hall–Kier alpha value is -1.02. The number of aryl methyl sites for hydroxylation is 1. The predicted molar refractivity (Wildman–Crippen MR) is 92.3 cm³/mol. The third-order valence-electron chi connectivity index (χ3n) is 4.63. The minimum atomic E-state index is 0.152. The molecule has 0 aliphatic carbocycles.